The zero-order valence-corrected chi connectivity index (χ0v) is 19.2. The Morgan fingerprint density at radius 3 is 2.30 bits per heavy atom. The Kier molecular flexibility index (Phi) is 7.82. The maximum Gasteiger partial charge on any atom is 0.261 e. The van der Waals surface area contributed by atoms with Crippen LogP contribution in [0.3, 0.4) is 0 Å². The normalized spacial score (nSPS) is 13.5. The number of nitrogens with zero attached hydrogens (tertiary/aromatic N) is 2. The topological polar surface area (TPSA) is 96.0 Å². The van der Waals surface area contributed by atoms with E-state index in [0.29, 0.717) is 29.7 Å². The summed E-state index contributed by atoms with van der Waals surface area (Å²) < 4.78 is 5.27. The third-order valence-electron chi connectivity index (χ3n) is 5.77. The van der Waals surface area contributed by atoms with E-state index in [2.05, 4.69) is 5.32 Å². The van der Waals surface area contributed by atoms with Crippen molar-refractivity contribution in [2.24, 2.45) is 0 Å². The third-order valence-corrected chi connectivity index (χ3v) is 5.77. The maximum atomic E-state index is 13.2. The number of likely N-dealkylation sites (N-methyl/N-ethyl adjacent to an activating group) is 1. The van der Waals surface area contributed by atoms with Gasteiger partial charge >= 0.3 is 0 Å². The molecule has 0 bridgehead atoms. The molecule has 1 aliphatic heterocycles. The number of hydrogen-bond acceptors (Lipinski definition) is 5. The number of carbonyl (C=O) groups excluding carboxylic acids is 4. The van der Waals surface area contributed by atoms with E-state index >= 15 is 0 Å². The molecule has 0 saturated heterocycles. The second-order valence-electron chi connectivity index (χ2n) is 7.82. The lowest BCUT2D eigenvalue weighted by Gasteiger charge is -2.30. The molecule has 8 heteroatoms. The van der Waals surface area contributed by atoms with E-state index in [-0.39, 0.29) is 43.1 Å². The zero-order chi connectivity index (χ0) is 24.0. The van der Waals surface area contributed by atoms with Gasteiger partial charge in [-0.3, -0.25) is 24.1 Å². The molecule has 0 radical (unpaired) electrons. The number of benzene rings is 2. The fraction of sp³-hybridized carbons (Fsp3) is 0.360. The SMILES string of the molecule is CC[C@@H](C(=O)NC)N(Cc1cccc(OC)c1)C(=O)CCCN1C(=O)c2ccccc2C1=O. The summed E-state index contributed by atoms with van der Waals surface area (Å²) in [5.41, 5.74) is 1.61. The molecule has 0 spiro atoms. The van der Waals surface area contributed by atoms with E-state index in [4.69, 9.17) is 4.74 Å². The number of ether oxygens (including phenoxy) is 1. The molecule has 0 aliphatic carbocycles. The molecule has 1 heterocycles. The molecule has 0 fully saturated rings. The lowest BCUT2D eigenvalue weighted by atomic mass is 10.1. The van der Waals surface area contributed by atoms with Gasteiger partial charge < -0.3 is 15.0 Å². The van der Waals surface area contributed by atoms with Gasteiger partial charge in [0.25, 0.3) is 11.8 Å². The minimum atomic E-state index is -0.631. The number of nitrogens with one attached hydrogen (secondary N) is 1. The number of methoxy groups -OCH3 is 1. The van der Waals surface area contributed by atoms with E-state index in [1.165, 1.54) is 4.90 Å². The number of hydrogen-bond donors (Lipinski definition) is 1. The molecule has 4 amide bonds. The van der Waals surface area contributed by atoms with Crippen LogP contribution in [0.15, 0.2) is 48.5 Å². The molecule has 0 saturated carbocycles. The van der Waals surface area contributed by atoms with Crippen molar-refractivity contribution in [3.63, 3.8) is 0 Å². The fourth-order valence-corrected chi connectivity index (χ4v) is 4.03. The second-order valence-corrected chi connectivity index (χ2v) is 7.82. The van der Waals surface area contributed by atoms with Crippen molar-refractivity contribution in [3.05, 3.63) is 65.2 Å². The Morgan fingerprint density at radius 1 is 1.06 bits per heavy atom. The van der Waals surface area contributed by atoms with Gasteiger partial charge in [0.2, 0.25) is 11.8 Å². The van der Waals surface area contributed by atoms with Crippen molar-refractivity contribution < 1.29 is 23.9 Å². The summed E-state index contributed by atoms with van der Waals surface area (Å²) in [7, 11) is 3.11. The Hall–Kier alpha value is -3.68. The molecule has 2 aromatic rings. The first-order valence-corrected chi connectivity index (χ1v) is 11.0. The first-order valence-electron chi connectivity index (χ1n) is 11.0. The summed E-state index contributed by atoms with van der Waals surface area (Å²) in [6.45, 7) is 2.24. The summed E-state index contributed by atoms with van der Waals surface area (Å²) >= 11 is 0. The van der Waals surface area contributed by atoms with Crippen LogP contribution in [0.25, 0.3) is 0 Å². The minimum absolute atomic E-state index is 0.102. The van der Waals surface area contributed by atoms with E-state index in [9.17, 15) is 19.2 Å². The molecule has 8 nitrogen and oxygen atoms in total. The van der Waals surface area contributed by atoms with Crippen molar-refractivity contribution in [1.29, 1.82) is 0 Å². The van der Waals surface area contributed by atoms with Crippen molar-refractivity contribution in [3.8, 4) is 5.75 Å². The van der Waals surface area contributed by atoms with E-state index in [1.807, 2.05) is 31.2 Å². The lowest BCUT2D eigenvalue weighted by Crippen LogP contribution is -2.48. The molecule has 1 atom stereocenters. The fourth-order valence-electron chi connectivity index (χ4n) is 4.03. The molecular formula is C25H29N3O5. The monoisotopic (exact) mass is 451 g/mol. The molecule has 0 aromatic heterocycles. The molecular weight excluding hydrogens is 422 g/mol. The van der Waals surface area contributed by atoms with Gasteiger partial charge in [0.15, 0.2) is 0 Å². The van der Waals surface area contributed by atoms with Gasteiger partial charge in [-0.25, -0.2) is 0 Å². The molecule has 3 rings (SSSR count). The van der Waals surface area contributed by atoms with Crippen molar-refractivity contribution in [2.75, 3.05) is 20.7 Å². The van der Waals surface area contributed by atoms with Gasteiger partial charge in [0, 0.05) is 26.6 Å². The Bertz CT molecular complexity index is 1020. The largest absolute Gasteiger partial charge is 0.497 e. The molecule has 1 N–H and O–H groups in total. The smallest absolute Gasteiger partial charge is 0.261 e. The van der Waals surface area contributed by atoms with Gasteiger partial charge in [-0.1, -0.05) is 31.2 Å². The first kappa shape index (κ1) is 24.0. The van der Waals surface area contributed by atoms with Crippen molar-refractivity contribution in [1.82, 2.24) is 15.1 Å². The lowest BCUT2D eigenvalue weighted by molar-refractivity contribution is -0.141. The highest BCUT2D eigenvalue weighted by Gasteiger charge is 2.35. The van der Waals surface area contributed by atoms with Crippen LogP contribution in [-0.2, 0) is 16.1 Å². The first-order chi connectivity index (χ1) is 15.9. The third kappa shape index (κ3) is 5.22. The number of rotatable bonds is 10. The number of imide groups is 1. The Balaban J connectivity index is 1.70. The summed E-state index contributed by atoms with van der Waals surface area (Å²) in [6.07, 6.45) is 0.863. The molecule has 174 valence electrons. The van der Waals surface area contributed by atoms with E-state index in [1.54, 1.807) is 43.3 Å². The number of fused-ring (bicyclic) bond motifs is 1. The Morgan fingerprint density at radius 2 is 1.73 bits per heavy atom. The van der Waals surface area contributed by atoms with Gasteiger partial charge in [-0.15, -0.1) is 0 Å². The molecule has 2 aromatic carbocycles. The van der Waals surface area contributed by atoms with Crippen LogP contribution in [0.5, 0.6) is 5.75 Å². The average molecular weight is 452 g/mol. The van der Waals surface area contributed by atoms with Crippen molar-refractivity contribution in [2.45, 2.75) is 38.8 Å². The van der Waals surface area contributed by atoms with E-state index in [0.717, 1.165) is 5.56 Å². The zero-order valence-electron chi connectivity index (χ0n) is 19.2. The van der Waals surface area contributed by atoms with Gasteiger partial charge in [0.1, 0.15) is 11.8 Å². The minimum Gasteiger partial charge on any atom is -0.497 e. The van der Waals surface area contributed by atoms with Crippen LogP contribution in [0.4, 0.5) is 0 Å². The highest BCUT2D eigenvalue weighted by molar-refractivity contribution is 6.21. The van der Waals surface area contributed by atoms with E-state index < -0.39 is 6.04 Å². The standard InChI is InChI=1S/C25H29N3O5/c1-4-21(23(30)26-2)28(16-17-9-7-10-18(15-17)33-3)22(29)13-8-14-27-24(31)19-11-5-6-12-20(19)25(27)32/h5-7,9-12,15,21H,4,8,13-14,16H2,1-3H3,(H,26,30)/t21-/m0/s1. The molecule has 1 aliphatic rings. The predicted octanol–water partition coefficient (Wildman–Crippen LogP) is 2.62. The van der Waals surface area contributed by atoms with Crippen LogP contribution < -0.4 is 10.1 Å². The summed E-state index contributed by atoms with van der Waals surface area (Å²) in [5, 5.41) is 2.63. The number of carbonyl (C=O) groups is 4. The summed E-state index contributed by atoms with van der Waals surface area (Å²) in [6, 6.07) is 13.4. The highest BCUT2D eigenvalue weighted by Crippen LogP contribution is 2.23. The van der Waals surface area contributed by atoms with Crippen LogP contribution in [0.1, 0.15) is 52.5 Å². The molecule has 33 heavy (non-hydrogen) atoms. The number of amides is 4. The molecule has 0 unspecified atom stereocenters. The maximum absolute atomic E-state index is 13.2. The highest BCUT2D eigenvalue weighted by atomic mass is 16.5. The van der Waals surface area contributed by atoms with Crippen LogP contribution >= 0.6 is 0 Å². The predicted molar refractivity (Wildman–Crippen MR) is 123 cm³/mol. The van der Waals surface area contributed by atoms with Crippen LogP contribution in [0, 0.1) is 0 Å². The summed E-state index contributed by atoms with van der Waals surface area (Å²) in [5.74, 6) is -0.473. The average Bonchev–Trinajstić information content (AvgIpc) is 3.08. The van der Waals surface area contributed by atoms with Gasteiger partial charge in [-0.05, 0) is 42.7 Å². The van der Waals surface area contributed by atoms with Gasteiger partial charge in [0.05, 0.1) is 18.2 Å². The van der Waals surface area contributed by atoms with Gasteiger partial charge in [-0.2, -0.15) is 0 Å². The quantitative estimate of drug-likeness (QED) is 0.560. The second kappa shape index (κ2) is 10.8. The Labute approximate surface area is 193 Å². The van der Waals surface area contributed by atoms with Crippen molar-refractivity contribution >= 4 is 23.6 Å². The van der Waals surface area contributed by atoms with Crippen LogP contribution in [0.2, 0.25) is 0 Å². The van der Waals surface area contributed by atoms with Crippen LogP contribution in [-0.4, -0.2) is 60.2 Å². The summed E-state index contributed by atoms with van der Waals surface area (Å²) in [4.78, 5) is 53.5.